The van der Waals surface area contributed by atoms with Crippen molar-refractivity contribution in [2.45, 2.75) is 13.5 Å². The topological polar surface area (TPSA) is 45.1 Å². The quantitative estimate of drug-likeness (QED) is 0.682. The molecule has 1 heterocycles. The summed E-state index contributed by atoms with van der Waals surface area (Å²) in [7, 11) is 0. The number of carbonyl (C=O) groups excluding carboxylic acids is 1. The lowest BCUT2D eigenvalue weighted by atomic mass is 10.1. The van der Waals surface area contributed by atoms with Gasteiger partial charge >= 0.3 is 0 Å². The molecule has 0 atom stereocenters. The predicted octanol–water partition coefficient (Wildman–Crippen LogP) is 2.58. The Hall–Kier alpha value is -2.55. The Kier molecular flexibility index (Phi) is 3.03. The summed E-state index contributed by atoms with van der Waals surface area (Å²) in [5, 5.41) is 12.8. The summed E-state index contributed by atoms with van der Waals surface area (Å²) in [6.07, 6.45) is 2.62. The van der Waals surface area contributed by atoms with E-state index < -0.39 is 5.97 Å². The Labute approximate surface area is 116 Å². The summed E-state index contributed by atoms with van der Waals surface area (Å²) in [5.41, 5.74) is 3.23. The highest BCUT2D eigenvalue weighted by Crippen LogP contribution is 2.29. The minimum Gasteiger partial charge on any atom is -0.545 e. The van der Waals surface area contributed by atoms with Crippen molar-refractivity contribution in [1.82, 2.24) is 4.57 Å². The molecule has 2 aromatic carbocycles. The lowest BCUT2D eigenvalue weighted by Crippen LogP contribution is -2.18. The number of carbonyl (C=O) groups is 1. The van der Waals surface area contributed by atoms with Crippen LogP contribution in [-0.2, 0) is 11.3 Å². The molecule has 0 radical (unpaired) electrons. The molecule has 3 aromatic rings. The molecule has 0 spiro atoms. The molecule has 0 aliphatic heterocycles. The summed E-state index contributed by atoms with van der Waals surface area (Å²) in [5.74, 6) is -1.18. The lowest BCUT2D eigenvalue weighted by Gasteiger charge is -2.02. The van der Waals surface area contributed by atoms with Crippen molar-refractivity contribution >= 4 is 33.9 Å². The summed E-state index contributed by atoms with van der Waals surface area (Å²) in [6, 6.07) is 14.2. The van der Waals surface area contributed by atoms with Crippen LogP contribution >= 0.6 is 0 Å². The van der Waals surface area contributed by atoms with Gasteiger partial charge in [0.1, 0.15) is 0 Å². The van der Waals surface area contributed by atoms with Crippen LogP contribution in [0.4, 0.5) is 0 Å². The zero-order chi connectivity index (χ0) is 14.1. The monoisotopic (exact) mass is 264 g/mol. The first-order chi connectivity index (χ1) is 9.70. The Morgan fingerprint density at radius 1 is 1.15 bits per heavy atom. The van der Waals surface area contributed by atoms with Crippen LogP contribution in [0.1, 0.15) is 12.5 Å². The number of benzene rings is 2. The average molecular weight is 264 g/mol. The number of carboxylic acid groups (broad SMARTS) is 1. The van der Waals surface area contributed by atoms with E-state index in [0.29, 0.717) is 0 Å². The fourth-order valence-electron chi connectivity index (χ4n) is 2.68. The van der Waals surface area contributed by atoms with Crippen LogP contribution < -0.4 is 5.11 Å². The number of fused-ring (bicyclic) bond motifs is 3. The first kappa shape index (κ1) is 12.5. The third-order valence-corrected chi connectivity index (χ3v) is 3.52. The minimum absolute atomic E-state index is 0.862. The molecule has 0 N–H and O–H groups in total. The zero-order valence-corrected chi connectivity index (χ0v) is 11.2. The second kappa shape index (κ2) is 4.85. The summed E-state index contributed by atoms with van der Waals surface area (Å²) in [4.78, 5) is 10.5. The van der Waals surface area contributed by atoms with Crippen molar-refractivity contribution < 1.29 is 9.90 Å². The molecule has 0 saturated carbocycles. The van der Waals surface area contributed by atoms with Crippen LogP contribution in [0.15, 0.2) is 48.5 Å². The van der Waals surface area contributed by atoms with Gasteiger partial charge in [0.15, 0.2) is 0 Å². The number of carboxylic acids is 1. The molecule has 1 aromatic heterocycles. The van der Waals surface area contributed by atoms with Gasteiger partial charge in [-0.15, -0.1) is 0 Å². The molecular weight excluding hydrogens is 250 g/mol. The maximum absolute atomic E-state index is 10.5. The lowest BCUT2D eigenvalue weighted by molar-refractivity contribution is -0.297. The van der Waals surface area contributed by atoms with Crippen LogP contribution in [0.3, 0.4) is 0 Å². The number of hydrogen-bond donors (Lipinski definition) is 0. The van der Waals surface area contributed by atoms with Gasteiger partial charge in [0.05, 0.1) is 5.97 Å². The SMILES string of the molecule is CCn1c2ccccc2c2cc(/C=C/C(=O)[O-])ccc21. The van der Waals surface area contributed by atoms with Crippen molar-refractivity contribution in [3.8, 4) is 0 Å². The van der Waals surface area contributed by atoms with Gasteiger partial charge in [-0.1, -0.05) is 30.3 Å². The first-order valence-electron chi connectivity index (χ1n) is 6.60. The van der Waals surface area contributed by atoms with Gasteiger partial charge in [0, 0.05) is 28.4 Å². The maximum atomic E-state index is 10.5. The largest absolute Gasteiger partial charge is 0.545 e. The number of nitrogens with zero attached hydrogens (tertiary/aromatic N) is 1. The molecule has 0 saturated heterocycles. The van der Waals surface area contributed by atoms with Crippen LogP contribution in [0, 0.1) is 0 Å². The summed E-state index contributed by atoms with van der Waals surface area (Å²) >= 11 is 0. The van der Waals surface area contributed by atoms with E-state index in [4.69, 9.17) is 0 Å². The van der Waals surface area contributed by atoms with Crippen LogP contribution in [0.2, 0.25) is 0 Å². The van der Waals surface area contributed by atoms with Gasteiger partial charge in [0.2, 0.25) is 0 Å². The maximum Gasteiger partial charge on any atom is 0.0643 e. The Morgan fingerprint density at radius 3 is 2.65 bits per heavy atom. The summed E-state index contributed by atoms with van der Waals surface area (Å²) in [6.45, 7) is 3.02. The Balaban J connectivity index is 2.28. The van der Waals surface area contributed by atoms with E-state index in [-0.39, 0.29) is 0 Å². The molecule has 3 rings (SSSR count). The molecule has 0 amide bonds. The molecule has 0 aliphatic carbocycles. The van der Waals surface area contributed by atoms with E-state index in [1.807, 2.05) is 30.3 Å². The van der Waals surface area contributed by atoms with Crippen molar-refractivity contribution in [2.75, 3.05) is 0 Å². The number of hydrogen-bond acceptors (Lipinski definition) is 2. The number of aromatic nitrogens is 1. The predicted molar refractivity (Wildman–Crippen MR) is 79.2 cm³/mol. The zero-order valence-electron chi connectivity index (χ0n) is 11.2. The van der Waals surface area contributed by atoms with E-state index in [1.54, 1.807) is 6.08 Å². The molecule has 3 nitrogen and oxygen atoms in total. The summed E-state index contributed by atoms with van der Waals surface area (Å²) < 4.78 is 2.26. The number of aryl methyl sites for hydroxylation is 1. The van der Waals surface area contributed by atoms with Gasteiger partial charge in [-0.2, -0.15) is 0 Å². The highest BCUT2D eigenvalue weighted by atomic mass is 16.4. The van der Waals surface area contributed by atoms with E-state index in [2.05, 4.69) is 23.6 Å². The molecule has 0 unspecified atom stereocenters. The molecule has 0 bridgehead atoms. The Bertz CT molecular complexity index is 827. The van der Waals surface area contributed by atoms with Gasteiger partial charge < -0.3 is 14.5 Å². The third kappa shape index (κ3) is 1.97. The van der Waals surface area contributed by atoms with Gasteiger partial charge in [-0.05, 0) is 36.8 Å². The average Bonchev–Trinajstić information content (AvgIpc) is 2.78. The Morgan fingerprint density at radius 2 is 1.90 bits per heavy atom. The van der Waals surface area contributed by atoms with Crippen molar-refractivity contribution in [1.29, 1.82) is 0 Å². The van der Waals surface area contributed by atoms with Crippen LogP contribution in [-0.4, -0.2) is 10.5 Å². The number of rotatable bonds is 3. The molecular formula is C17H14NO2-. The standard InChI is InChI=1S/C17H15NO2/c1-2-18-15-6-4-3-5-13(15)14-11-12(7-9-16(14)18)8-10-17(19)20/h3-11H,2H2,1H3,(H,19,20)/p-1/b10-8+. The highest BCUT2D eigenvalue weighted by molar-refractivity contribution is 6.08. The molecule has 20 heavy (non-hydrogen) atoms. The fraction of sp³-hybridized carbons (Fsp3) is 0.118. The van der Waals surface area contributed by atoms with Crippen molar-refractivity contribution in [3.05, 3.63) is 54.1 Å². The normalized spacial score (nSPS) is 11.7. The molecule has 3 heteroatoms. The molecule has 0 aliphatic rings. The smallest absolute Gasteiger partial charge is 0.0643 e. The number of aliphatic carboxylic acids is 1. The van der Waals surface area contributed by atoms with E-state index >= 15 is 0 Å². The highest BCUT2D eigenvalue weighted by Gasteiger charge is 2.08. The minimum atomic E-state index is -1.18. The second-order valence-corrected chi connectivity index (χ2v) is 4.69. The third-order valence-electron chi connectivity index (χ3n) is 3.52. The van der Waals surface area contributed by atoms with E-state index in [9.17, 15) is 9.90 Å². The van der Waals surface area contributed by atoms with Crippen LogP contribution in [0.5, 0.6) is 0 Å². The van der Waals surface area contributed by atoms with Gasteiger partial charge in [0.25, 0.3) is 0 Å². The van der Waals surface area contributed by atoms with Crippen molar-refractivity contribution in [3.63, 3.8) is 0 Å². The van der Waals surface area contributed by atoms with Crippen molar-refractivity contribution in [2.24, 2.45) is 0 Å². The van der Waals surface area contributed by atoms with Gasteiger partial charge in [-0.25, -0.2) is 0 Å². The second-order valence-electron chi connectivity index (χ2n) is 4.69. The number of para-hydroxylation sites is 1. The fourth-order valence-corrected chi connectivity index (χ4v) is 2.68. The molecule has 0 fully saturated rings. The van der Waals surface area contributed by atoms with Gasteiger partial charge in [-0.3, -0.25) is 0 Å². The molecule has 100 valence electrons. The van der Waals surface area contributed by atoms with Crippen LogP contribution in [0.25, 0.3) is 27.9 Å². The van der Waals surface area contributed by atoms with E-state index in [1.165, 1.54) is 16.4 Å². The first-order valence-corrected chi connectivity index (χ1v) is 6.60. The van der Waals surface area contributed by atoms with E-state index in [0.717, 1.165) is 23.6 Å².